The minimum atomic E-state index is -0.727. The van der Waals surface area contributed by atoms with Crippen LogP contribution in [-0.4, -0.2) is 47.2 Å². The largest absolute Gasteiger partial charge is 0.348 e. The predicted octanol–water partition coefficient (Wildman–Crippen LogP) is 2.65. The summed E-state index contributed by atoms with van der Waals surface area (Å²) in [7, 11) is 0. The van der Waals surface area contributed by atoms with Gasteiger partial charge in [0.2, 0.25) is 0 Å². The van der Waals surface area contributed by atoms with Gasteiger partial charge in [0.05, 0.1) is 0 Å². The maximum Gasteiger partial charge on any atom is 0.313 e. The van der Waals surface area contributed by atoms with Crippen LogP contribution in [0.3, 0.4) is 0 Å². The highest BCUT2D eigenvalue weighted by Crippen LogP contribution is 2.20. The van der Waals surface area contributed by atoms with Crippen molar-refractivity contribution < 1.29 is 14.4 Å². The van der Waals surface area contributed by atoms with Crippen LogP contribution >= 0.6 is 11.6 Å². The van der Waals surface area contributed by atoms with E-state index in [1.807, 2.05) is 11.8 Å². The van der Waals surface area contributed by atoms with Gasteiger partial charge in [0.25, 0.3) is 5.91 Å². The number of likely N-dealkylation sites (tertiary alicyclic amines) is 1. The lowest BCUT2D eigenvalue weighted by atomic mass is 9.96. The van der Waals surface area contributed by atoms with Crippen molar-refractivity contribution in [1.29, 1.82) is 0 Å². The molecule has 0 atom stereocenters. The van der Waals surface area contributed by atoms with Crippen LogP contribution in [0.15, 0.2) is 42.7 Å². The van der Waals surface area contributed by atoms with E-state index in [4.69, 9.17) is 11.6 Å². The molecule has 1 aromatic heterocycles. The Morgan fingerprint density at radius 2 is 1.79 bits per heavy atom. The molecular weight excluding hydrogens is 392 g/mol. The van der Waals surface area contributed by atoms with Crippen LogP contribution in [-0.2, 0) is 9.59 Å². The fourth-order valence-corrected chi connectivity index (χ4v) is 3.37. The Bertz CT molecular complexity index is 896. The molecule has 0 unspecified atom stereocenters. The summed E-state index contributed by atoms with van der Waals surface area (Å²) in [6, 6.07) is 8.49. The number of anilines is 1. The molecule has 0 bridgehead atoms. The maximum atomic E-state index is 12.4. The van der Waals surface area contributed by atoms with Crippen LogP contribution in [0, 0.1) is 12.8 Å². The van der Waals surface area contributed by atoms with Crippen molar-refractivity contribution in [1.82, 2.24) is 15.2 Å². The summed E-state index contributed by atoms with van der Waals surface area (Å²) in [5, 5.41) is 5.75. The van der Waals surface area contributed by atoms with Gasteiger partial charge in [-0.05, 0) is 55.5 Å². The van der Waals surface area contributed by atoms with Crippen LogP contribution in [0.4, 0.5) is 5.69 Å². The van der Waals surface area contributed by atoms with Crippen LogP contribution < -0.4 is 10.6 Å². The molecular formula is C21H23ClN4O3. The first kappa shape index (κ1) is 20.8. The van der Waals surface area contributed by atoms with Crippen LogP contribution in [0.25, 0.3) is 0 Å². The normalized spacial score (nSPS) is 14.3. The summed E-state index contributed by atoms with van der Waals surface area (Å²) >= 11 is 6.03. The van der Waals surface area contributed by atoms with Gasteiger partial charge in [-0.15, -0.1) is 0 Å². The zero-order chi connectivity index (χ0) is 20.8. The molecule has 1 saturated heterocycles. The zero-order valence-electron chi connectivity index (χ0n) is 16.2. The number of aryl methyl sites for hydroxylation is 1. The molecule has 2 aromatic rings. The summed E-state index contributed by atoms with van der Waals surface area (Å²) in [6.07, 6.45) is 4.74. The molecule has 8 heteroatoms. The number of piperidine rings is 1. The molecule has 3 rings (SSSR count). The standard InChI is InChI=1S/C21H23ClN4O3/c1-14-2-3-17(12-18(14)22)25-20(28)19(27)24-13-15-6-10-26(11-7-15)21(29)16-4-8-23-9-5-16/h2-5,8-9,12,15H,6-7,10-11,13H2,1H3,(H,24,27)(H,25,28). The molecule has 1 fully saturated rings. The fraction of sp³-hybridized carbons (Fsp3) is 0.333. The van der Waals surface area contributed by atoms with Gasteiger partial charge in [-0.2, -0.15) is 0 Å². The number of pyridine rings is 1. The van der Waals surface area contributed by atoms with Crippen LogP contribution in [0.1, 0.15) is 28.8 Å². The topological polar surface area (TPSA) is 91.4 Å². The third-order valence-corrected chi connectivity index (χ3v) is 5.42. The number of rotatable bonds is 4. The second kappa shape index (κ2) is 9.52. The highest BCUT2D eigenvalue weighted by Gasteiger charge is 2.24. The number of carbonyl (C=O) groups is 3. The maximum absolute atomic E-state index is 12.4. The Kier molecular flexibility index (Phi) is 6.82. The lowest BCUT2D eigenvalue weighted by Gasteiger charge is -2.32. The van der Waals surface area contributed by atoms with Gasteiger partial charge in [0, 0.05) is 48.3 Å². The molecule has 3 amide bonds. The third-order valence-electron chi connectivity index (χ3n) is 5.02. The molecule has 0 aliphatic carbocycles. The number of benzene rings is 1. The number of nitrogens with zero attached hydrogens (tertiary/aromatic N) is 2. The summed E-state index contributed by atoms with van der Waals surface area (Å²) in [6.45, 7) is 3.50. The number of carbonyl (C=O) groups excluding carboxylic acids is 3. The molecule has 0 saturated carbocycles. The van der Waals surface area contributed by atoms with Crippen molar-refractivity contribution in [2.75, 3.05) is 25.0 Å². The number of hydrogen-bond donors (Lipinski definition) is 2. The van der Waals surface area contributed by atoms with Gasteiger partial charge in [-0.1, -0.05) is 17.7 Å². The second-order valence-corrected chi connectivity index (χ2v) is 7.51. The van der Waals surface area contributed by atoms with E-state index >= 15 is 0 Å². The Morgan fingerprint density at radius 1 is 1.10 bits per heavy atom. The molecule has 2 heterocycles. The first-order valence-electron chi connectivity index (χ1n) is 9.48. The fourth-order valence-electron chi connectivity index (χ4n) is 3.19. The van der Waals surface area contributed by atoms with E-state index in [1.54, 1.807) is 42.7 Å². The molecule has 0 spiro atoms. The van der Waals surface area contributed by atoms with Gasteiger partial charge < -0.3 is 15.5 Å². The number of amides is 3. The monoisotopic (exact) mass is 414 g/mol. The lowest BCUT2D eigenvalue weighted by molar-refractivity contribution is -0.136. The molecule has 29 heavy (non-hydrogen) atoms. The highest BCUT2D eigenvalue weighted by molar-refractivity contribution is 6.39. The van der Waals surface area contributed by atoms with Gasteiger partial charge >= 0.3 is 11.8 Å². The Morgan fingerprint density at radius 3 is 2.45 bits per heavy atom. The van der Waals surface area contributed by atoms with E-state index in [-0.39, 0.29) is 11.8 Å². The van der Waals surface area contributed by atoms with Crippen molar-refractivity contribution in [3.8, 4) is 0 Å². The average molecular weight is 415 g/mol. The summed E-state index contributed by atoms with van der Waals surface area (Å²) < 4.78 is 0. The van der Waals surface area contributed by atoms with Gasteiger partial charge in [0.1, 0.15) is 0 Å². The minimum absolute atomic E-state index is 0.00831. The van der Waals surface area contributed by atoms with Crippen LogP contribution in [0.5, 0.6) is 0 Å². The van der Waals surface area contributed by atoms with Gasteiger partial charge in [0.15, 0.2) is 0 Å². The van der Waals surface area contributed by atoms with Gasteiger partial charge in [-0.25, -0.2) is 0 Å². The van der Waals surface area contributed by atoms with E-state index < -0.39 is 11.8 Å². The van der Waals surface area contributed by atoms with E-state index in [1.165, 1.54) is 0 Å². The summed E-state index contributed by atoms with van der Waals surface area (Å²) in [5.74, 6) is -1.19. The lowest BCUT2D eigenvalue weighted by Crippen LogP contribution is -2.43. The van der Waals surface area contributed by atoms with E-state index in [0.29, 0.717) is 35.9 Å². The van der Waals surface area contributed by atoms with E-state index in [9.17, 15) is 14.4 Å². The quantitative estimate of drug-likeness (QED) is 0.752. The Balaban J connectivity index is 1.42. The average Bonchev–Trinajstić information content (AvgIpc) is 2.75. The second-order valence-electron chi connectivity index (χ2n) is 7.10. The number of halogens is 1. The Hall–Kier alpha value is -2.93. The molecule has 1 aromatic carbocycles. The molecule has 1 aliphatic rings. The van der Waals surface area contributed by atoms with Crippen molar-refractivity contribution in [2.45, 2.75) is 19.8 Å². The third kappa shape index (κ3) is 5.54. The first-order chi connectivity index (χ1) is 13.9. The molecule has 7 nitrogen and oxygen atoms in total. The van der Waals surface area contributed by atoms with Crippen molar-refractivity contribution in [3.63, 3.8) is 0 Å². The molecule has 0 radical (unpaired) electrons. The number of nitrogens with one attached hydrogen (secondary N) is 2. The van der Waals surface area contributed by atoms with Crippen molar-refractivity contribution >= 4 is 35.0 Å². The van der Waals surface area contributed by atoms with E-state index in [0.717, 1.165) is 18.4 Å². The minimum Gasteiger partial charge on any atom is -0.348 e. The van der Waals surface area contributed by atoms with E-state index in [2.05, 4.69) is 15.6 Å². The molecule has 1 aliphatic heterocycles. The summed E-state index contributed by atoms with van der Waals surface area (Å²) in [5.41, 5.74) is 1.99. The predicted molar refractivity (Wildman–Crippen MR) is 111 cm³/mol. The molecule has 2 N–H and O–H groups in total. The number of aromatic nitrogens is 1. The molecule has 152 valence electrons. The van der Waals surface area contributed by atoms with Crippen molar-refractivity contribution in [3.05, 3.63) is 58.9 Å². The highest BCUT2D eigenvalue weighted by atomic mass is 35.5. The van der Waals surface area contributed by atoms with Crippen LogP contribution in [0.2, 0.25) is 5.02 Å². The Labute approximate surface area is 174 Å². The van der Waals surface area contributed by atoms with Crippen molar-refractivity contribution in [2.24, 2.45) is 5.92 Å². The van der Waals surface area contributed by atoms with Gasteiger partial charge in [-0.3, -0.25) is 19.4 Å². The SMILES string of the molecule is Cc1ccc(NC(=O)C(=O)NCC2CCN(C(=O)c3ccncc3)CC2)cc1Cl. The smallest absolute Gasteiger partial charge is 0.313 e. The summed E-state index contributed by atoms with van der Waals surface area (Å²) in [4.78, 5) is 42.3. The zero-order valence-corrected chi connectivity index (χ0v) is 16.9. The first-order valence-corrected chi connectivity index (χ1v) is 9.86. The number of hydrogen-bond acceptors (Lipinski definition) is 4.